The number of rotatable bonds is 5. The molecule has 2 N–H and O–H groups in total. The van der Waals surface area contributed by atoms with E-state index in [9.17, 15) is 13.2 Å². The Morgan fingerprint density at radius 3 is 2.32 bits per heavy atom. The Bertz CT molecular complexity index is 910. The Morgan fingerprint density at radius 1 is 1.12 bits per heavy atom. The fourth-order valence-electron chi connectivity index (χ4n) is 2.62. The summed E-state index contributed by atoms with van der Waals surface area (Å²) in [5.41, 5.74) is 1.58. The van der Waals surface area contributed by atoms with Gasteiger partial charge in [-0.1, -0.05) is 28.9 Å². The molecule has 2 aromatic rings. The van der Waals surface area contributed by atoms with Crippen molar-refractivity contribution in [1.82, 2.24) is 0 Å². The van der Waals surface area contributed by atoms with Crippen molar-refractivity contribution in [2.45, 2.75) is 25.2 Å². The normalized spacial score (nSPS) is 19.3. The molecule has 7 heteroatoms. The second-order valence-electron chi connectivity index (χ2n) is 6.40. The summed E-state index contributed by atoms with van der Waals surface area (Å²) in [5.74, 6) is 0.371. The Labute approximate surface area is 156 Å². The minimum absolute atomic E-state index is 0.0299. The number of amides is 1. The molecule has 0 heterocycles. The Kier molecular flexibility index (Phi) is 4.88. The van der Waals surface area contributed by atoms with E-state index in [1.165, 1.54) is 6.07 Å². The SMILES string of the molecule is Cc1ccc(NC(=O)C2CC2C)cc1S(=O)(=O)Nc1ccc(Br)cc1. The third-order valence-electron chi connectivity index (χ3n) is 4.29. The molecule has 0 bridgehead atoms. The van der Waals surface area contributed by atoms with Gasteiger partial charge in [0.1, 0.15) is 0 Å². The molecular formula is C18H19BrN2O3S. The second-order valence-corrected chi connectivity index (χ2v) is 8.97. The molecule has 0 aliphatic heterocycles. The average molecular weight is 423 g/mol. The fourth-order valence-corrected chi connectivity index (χ4v) is 4.21. The van der Waals surface area contributed by atoms with Gasteiger partial charge in [-0.3, -0.25) is 9.52 Å². The first kappa shape index (κ1) is 17.9. The standard InChI is InChI=1S/C18H19BrN2O3S/c1-11-3-6-15(20-18(22)16-9-12(16)2)10-17(11)25(23,24)21-14-7-4-13(19)5-8-14/h3-8,10,12,16,21H,9H2,1-2H3,(H,20,22). The number of anilines is 2. The van der Waals surface area contributed by atoms with Gasteiger partial charge < -0.3 is 5.32 Å². The molecule has 25 heavy (non-hydrogen) atoms. The van der Waals surface area contributed by atoms with Crippen molar-refractivity contribution >= 4 is 43.2 Å². The molecular weight excluding hydrogens is 404 g/mol. The van der Waals surface area contributed by atoms with Crippen LogP contribution in [0.5, 0.6) is 0 Å². The van der Waals surface area contributed by atoms with Gasteiger partial charge >= 0.3 is 0 Å². The molecule has 5 nitrogen and oxygen atoms in total. The lowest BCUT2D eigenvalue weighted by atomic mass is 10.2. The van der Waals surface area contributed by atoms with Gasteiger partial charge in [0.2, 0.25) is 5.91 Å². The van der Waals surface area contributed by atoms with Gasteiger partial charge in [0.25, 0.3) is 10.0 Å². The first-order valence-corrected chi connectivity index (χ1v) is 10.2. The Morgan fingerprint density at radius 2 is 1.72 bits per heavy atom. The van der Waals surface area contributed by atoms with Crippen molar-refractivity contribution in [3.8, 4) is 0 Å². The zero-order valence-corrected chi connectivity index (χ0v) is 16.3. The van der Waals surface area contributed by atoms with Gasteiger partial charge in [-0.05, 0) is 61.2 Å². The highest BCUT2D eigenvalue weighted by molar-refractivity contribution is 9.10. The maximum atomic E-state index is 12.7. The van der Waals surface area contributed by atoms with Crippen LogP contribution in [0.25, 0.3) is 0 Å². The fraction of sp³-hybridized carbons (Fsp3) is 0.278. The number of nitrogens with one attached hydrogen (secondary N) is 2. The predicted octanol–water partition coefficient (Wildman–Crippen LogP) is 4.15. The minimum atomic E-state index is -3.75. The monoisotopic (exact) mass is 422 g/mol. The quantitative estimate of drug-likeness (QED) is 0.759. The molecule has 0 spiro atoms. The lowest BCUT2D eigenvalue weighted by Gasteiger charge is -2.13. The van der Waals surface area contributed by atoms with Crippen LogP contribution >= 0.6 is 15.9 Å². The highest BCUT2D eigenvalue weighted by atomic mass is 79.9. The molecule has 3 rings (SSSR count). The van der Waals surface area contributed by atoms with Gasteiger partial charge in [0.15, 0.2) is 0 Å². The molecule has 1 fully saturated rings. The van der Waals surface area contributed by atoms with Crippen LogP contribution in [0.3, 0.4) is 0 Å². The van der Waals surface area contributed by atoms with E-state index in [1.807, 2.05) is 6.92 Å². The summed E-state index contributed by atoms with van der Waals surface area (Å²) < 4.78 is 28.8. The van der Waals surface area contributed by atoms with Crippen LogP contribution in [0.4, 0.5) is 11.4 Å². The Balaban J connectivity index is 1.83. The van der Waals surface area contributed by atoms with E-state index in [0.29, 0.717) is 22.9 Å². The van der Waals surface area contributed by atoms with E-state index in [4.69, 9.17) is 0 Å². The molecule has 1 aliphatic rings. The molecule has 0 radical (unpaired) electrons. The summed E-state index contributed by atoms with van der Waals surface area (Å²) in [5, 5.41) is 2.81. The maximum absolute atomic E-state index is 12.7. The summed E-state index contributed by atoms with van der Waals surface area (Å²) in [7, 11) is -3.75. The van der Waals surface area contributed by atoms with Gasteiger partial charge in [-0.2, -0.15) is 0 Å². The van der Waals surface area contributed by atoms with E-state index in [1.54, 1.807) is 43.3 Å². The van der Waals surface area contributed by atoms with Gasteiger partial charge in [0.05, 0.1) is 4.90 Å². The van der Waals surface area contributed by atoms with Crippen LogP contribution in [0.1, 0.15) is 18.9 Å². The van der Waals surface area contributed by atoms with Crippen molar-refractivity contribution < 1.29 is 13.2 Å². The zero-order chi connectivity index (χ0) is 18.2. The number of hydrogen-bond donors (Lipinski definition) is 2. The summed E-state index contributed by atoms with van der Waals surface area (Å²) >= 11 is 3.32. The van der Waals surface area contributed by atoms with Crippen molar-refractivity contribution in [3.05, 3.63) is 52.5 Å². The molecule has 1 aliphatic carbocycles. The molecule has 2 atom stereocenters. The molecule has 0 saturated heterocycles. The first-order valence-electron chi connectivity index (χ1n) is 7.96. The van der Waals surface area contributed by atoms with Crippen LogP contribution in [-0.2, 0) is 14.8 Å². The topological polar surface area (TPSA) is 75.3 Å². The molecule has 2 aromatic carbocycles. The summed E-state index contributed by atoms with van der Waals surface area (Å²) in [4.78, 5) is 12.2. The number of hydrogen-bond acceptors (Lipinski definition) is 3. The smallest absolute Gasteiger partial charge is 0.262 e. The van der Waals surface area contributed by atoms with Crippen molar-refractivity contribution in [2.24, 2.45) is 11.8 Å². The number of carbonyl (C=O) groups excluding carboxylic acids is 1. The van der Waals surface area contributed by atoms with Crippen molar-refractivity contribution in [1.29, 1.82) is 0 Å². The largest absolute Gasteiger partial charge is 0.326 e. The number of halogens is 1. The summed E-state index contributed by atoms with van der Waals surface area (Å²) in [6.45, 7) is 3.75. The van der Waals surface area contributed by atoms with Crippen LogP contribution in [-0.4, -0.2) is 14.3 Å². The zero-order valence-electron chi connectivity index (χ0n) is 13.9. The van der Waals surface area contributed by atoms with E-state index in [-0.39, 0.29) is 16.7 Å². The second kappa shape index (κ2) is 6.80. The average Bonchev–Trinajstić information content (AvgIpc) is 3.28. The number of benzene rings is 2. The molecule has 0 aromatic heterocycles. The minimum Gasteiger partial charge on any atom is -0.326 e. The number of aryl methyl sites for hydroxylation is 1. The van der Waals surface area contributed by atoms with Gasteiger partial charge in [-0.15, -0.1) is 0 Å². The number of carbonyl (C=O) groups is 1. The summed E-state index contributed by atoms with van der Waals surface area (Å²) in [6, 6.07) is 11.8. The molecule has 132 valence electrons. The molecule has 2 unspecified atom stereocenters. The van der Waals surface area contributed by atoms with E-state index in [2.05, 4.69) is 26.0 Å². The predicted molar refractivity (Wildman–Crippen MR) is 102 cm³/mol. The molecule has 1 amide bonds. The van der Waals surface area contributed by atoms with Crippen LogP contribution in [0.2, 0.25) is 0 Å². The van der Waals surface area contributed by atoms with Gasteiger partial charge in [0, 0.05) is 21.8 Å². The number of sulfonamides is 1. The summed E-state index contributed by atoms with van der Waals surface area (Å²) in [6.07, 6.45) is 0.883. The van der Waals surface area contributed by atoms with Crippen molar-refractivity contribution in [2.75, 3.05) is 10.0 Å². The lowest BCUT2D eigenvalue weighted by molar-refractivity contribution is -0.117. The maximum Gasteiger partial charge on any atom is 0.262 e. The van der Waals surface area contributed by atoms with E-state index >= 15 is 0 Å². The third kappa shape index (κ3) is 4.22. The highest BCUT2D eigenvalue weighted by Crippen LogP contribution is 2.38. The van der Waals surface area contributed by atoms with Crippen molar-refractivity contribution in [3.63, 3.8) is 0 Å². The first-order chi connectivity index (χ1) is 11.8. The van der Waals surface area contributed by atoms with Crippen LogP contribution in [0, 0.1) is 18.8 Å². The molecule has 1 saturated carbocycles. The third-order valence-corrected chi connectivity index (χ3v) is 6.34. The van der Waals surface area contributed by atoms with E-state index in [0.717, 1.165) is 10.9 Å². The van der Waals surface area contributed by atoms with Crippen LogP contribution in [0.15, 0.2) is 51.8 Å². The highest BCUT2D eigenvalue weighted by Gasteiger charge is 2.39. The Hall–Kier alpha value is -1.86. The van der Waals surface area contributed by atoms with E-state index < -0.39 is 10.0 Å². The lowest BCUT2D eigenvalue weighted by Crippen LogP contribution is -2.17. The van der Waals surface area contributed by atoms with Gasteiger partial charge in [-0.25, -0.2) is 8.42 Å². The van der Waals surface area contributed by atoms with Crippen LogP contribution < -0.4 is 10.0 Å².